The van der Waals surface area contributed by atoms with Gasteiger partial charge in [0.1, 0.15) is 5.82 Å². The van der Waals surface area contributed by atoms with E-state index < -0.39 is 5.54 Å². The van der Waals surface area contributed by atoms with Gasteiger partial charge in [0.25, 0.3) is 0 Å². The highest BCUT2D eigenvalue weighted by Gasteiger charge is 2.29. The van der Waals surface area contributed by atoms with Crippen molar-refractivity contribution >= 4 is 23.5 Å². The smallest absolute Gasteiger partial charge is 0.129 e. The van der Waals surface area contributed by atoms with Crippen LogP contribution in [0.15, 0.2) is 28.8 Å². The van der Waals surface area contributed by atoms with Crippen LogP contribution in [-0.2, 0) is 5.54 Å². The molecule has 3 nitrogen and oxygen atoms in total. The predicted molar refractivity (Wildman–Crippen MR) is 88.2 cm³/mol. The first-order valence-corrected chi connectivity index (χ1v) is 8.17. The molecule has 0 unspecified atom stereocenters. The standard InChI is InChI=1S/C15H21ClFN3S/c1-15(2,13-10(16)4-3-5-11(13)17)20-8-12(21-19)14(18)9-6-7-9/h3-5,9,20H,6-8,18-19H2,1-2H3/b14-12-. The van der Waals surface area contributed by atoms with Crippen molar-refractivity contribution < 1.29 is 4.39 Å². The summed E-state index contributed by atoms with van der Waals surface area (Å²) in [4.78, 5) is 0.915. The quantitative estimate of drug-likeness (QED) is 0.699. The van der Waals surface area contributed by atoms with Gasteiger partial charge < -0.3 is 11.1 Å². The van der Waals surface area contributed by atoms with Crippen LogP contribution in [0.5, 0.6) is 0 Å². The van der Waals surface area contributed by atoms with Gasteiger partial charge in [-0.15, -0.1) is 0 Å². The molecule has 0 spiro atoms. The lowest BCUT2D eigenvalue weighted by Gasteiger charge is -2.29. The van der Waals surface area contributed by atoms with E-state index in [1.165, 1.54) is 6.07 Å². The van der Waals surface area contributed by atoms with E-state index in [2.05, 4.69) is 5.32 Å². The third-order valence-corrected chi connectivity index (χ3v) is 4.74. The maximum Gasteiger partial charge on any atom is 0.129 e. The minimum Gasteiger partial charge on any atom is -0.401 e. The number of nitrogens with one attached hydrogen (secondary N) is 1. The molecule has 116 valence electrons. The molecule has 1 aliphatic carbocycles. The number of hydrogen-bond donors (Lipinski definition) is 3. The van der Waals surface area contributed by atoms with Gasteiger partial charge in [0, 0.05) is 33.3 Å². The van der Waals surface area contributed by atoms with Gasteiger partial charge in [0.2, 0.25) is 0 Å². The molecule has 1 aliphatic rings. The monoisotopic (exact) mass is 329 g/mol. The third kappa shape index (κ3) is 3.92. The summed E-state index contributed by atoms with van der Waals surface area (Å²) < 4.78 is 14.1. The topological polar surface area (TPSA) is 64.1 Å². The van der Waals surface area contributed by atoms with Gasteiger partial charge in [0.05, 0.1) is 0 Å². The van der Waals surface area contributed by atoms with Crippen molar-refractivity contribution in [2.24, 2.45) is 16.8 Å². The zero-order chi connectivity index (χ0) is 15.6. The molecule has 0 bridgehead atoms. The Morgan fingerprint density at radius 2 is 2.14 bits per heavy atom. The molecule has 1 saturated carbocycles. The summed E-state index contributed by atoms with van der Waals surface area (Å²) in [5, 5.41) is 9.42. The highest BCUT2D eigenvalue weighted by atomic mass is 35.5. The fraction of sp³-hybridized carbons (Fsp3) is 0.467. The summed E-state index contributed by atoms with van der Waals surface area (Å²) in [6.07, 6.45) is 2.25. The van der Waals surface area contributed by atoms with E-state index in [9.17, 15) is 4.39 Å². The molecule has 2 rings (SSSR count). The number of benzene rings is 1. The first-order valence-electron chi connectivity index (χ1n) is 6.91. The van der Waals surface area contributed by atoms with Gasteiger partial charge >= 0.3 is 0 Å². The van der Waals surface area contributed by atoms with E-state index in [0.29, 0.717) is 23.0 Å². The van der Waals surface area contributed by atoms with Gasteiger partial charge in [-0.2, -0.15) is 0 Å². The van der Waals surface area contributed by atoms with E-state index >= 15 is 0 Å². The Labute approximate surface area is 134 Å². The van der Waals surface area contributed by atoms with Crippen molar-refractivity contribution in [1.82, 2.24) is 5.32 Å². The van der Waals surface area contributed by atoms with Crippen LogP contribution >= 0.6 is 23.5 Å². The fourth-order valence-electron chi connectivity index (χ4n) is 2.32. The summed E-state index contributed by atoms with van der Waals surface area (Å²) in [6.45, 7) is 4.29. The molecule has 21 heavy (non-hydrogen) atoms. The second-order valence-electron chi connectivity index (χ2n) is 5.85. The van der Waals surface area contributed by atoms with E-state index in [0.717, 1.165) is 35.4 Å². The number of allylic oxidation sites excluding steroid dienone is 1. The van der Waals surface area contributed by atoms with E-state index in [1.807, 2.05) is 13.8 Å². The van der Waals surface area contributed by atoms with Gasteiger partial charge in [-0.1, -0.05) is 17.7 Å². The lowest BCUT2D eigenvalue weighted by atomic mass is 9.93. The average molecular weight is 330 g/mol. The molecule has 5 N–H and O–H groups in total. The van der Waals surface area contributed by atoms with Gasteiger partial charge in [-0.25, -0.2) is 4.39 Å². The van der Waals surface area contributed by atoms with Crippen molar-refractivity contribution in [3.63, 3.8) is 0 Å². The molecule has 0 saturated heterocycles. The minimum absolute atomic E-state index is 0.318. The number of rotatable bonds is 6. The normalized spacial score (nSPS) is 16.8. The van der Waals surface area contributed by atoms with Crippen LogP contribution in [0.2, 0.25) is 5.02 Å². The SMILES string of the molecule is CC(C)(NC/C(SN)=C(/N)C1CC1)c1c(F)cccc1Cl. The van der Waals surface area contributed by atoms with Crippen molar-refractivity contribution in [2.75, 3.05) is 6.54 Å². The Balaban J connectivity index is 2.15. The number of nitrogens with two attached hydrogens (primary N) is 2. The zero-order valence-electron chi connectivity index (χ0n) is 12.2. The van der Waals surface area contributed by atoms with Crippen LogP contribution in [0.4, 0.5) is 4.39 Å². The first-order chi connectivity index (χ1) is 9.86. The van der Waals surface area contributed by atoms with Crippen molar-refractivity contribution in [1.29, 1.82) is 0 Å². The van der Waals surface area contributed by atoms with Crippen LogP contribution in [0.1, 0.15) is 32.3 Å². The Kier molecular flexibility index (Phi) is 5.20. The molecule has 1 fully saturated rings. The van der Waals surface area contributed by atoms with Crippen LogP contribution in [0.25, 0.3) is 0 Å². The maximum atomic E-state index is 14.1. The molecule has 6 heteroatoms. The largest absolute Gasteiger partial charge is 0.401 e. The molecule has 1 aromatic carbocycles. The van der Waals surface area contributed by atoms with E-state index in [4.69, 9.17) is 22.5 Å². The molecular formula is C15H21ClFN3S. The summed E-state index contributed by atoms with van der Waals surface area (Å²) in [5.41, 5.74) is 6.79. The lowest BCUT2D eigenvalue weighted by molar-refractivity contribution is 0.402. The third-order valence-electron chi connectivity index (χ3n) is 3.76. The summed E-state index contributed by atoms with van der Waals surface area (Å²) in [6, 6.07) is 4.71. The highest BCUT2D eigenvalue weighted by Crippen LogP contribution is 2.37. The molecule has 1 aromatic rings. The zero-order valence-corrected chi connectivity index (χ0v) is 13.8. The molecular weight excluding hydrogens is 309 g/mol. The molecule has 0 heterocycles. The van der Waals surface area contributed by atoms with Crippen molar-refractivity contribution in [2.45, 2.75) is 32.2 Å². The second kappa shape index (κ2) is 6.57. The number of halogens is 2. The summed E-state index contributed by atoms with van der Waals surface area (Å²) in [5.74, 6) is 0.138. The minimum atomic E-state index is -0.618. The van der Waals surface area contributed by atoms with Crippen LogP contribution in [0.3, 0.4) is 0 Å². The fourth-order valence-corrected chi connectivity index (χ4v) is 3.18. The Bertz CT molecular complexity index is 536. The van der Waals surface area contributed by atoms with Crippen molar-refractivity contribution in [3.05, 3.63) is 45.2 Å². The van der Waals surface area contributed by atoms with E-state index in [-0.39, 0.29) is 5.82 Å². The second-order valence-corrected chi connectivity index (χ2v) is 6.98. The van der Waals surface area contributed by atoms with Gasteiger partial charge in [-0.05, 0) is 56.7 Å². The van der Waals surface area contributed by atoms with Gasteiger partial charge in [-0.3, -0.25) is 5.14 Å². The molecule has 0 aliphatic heterocycles. The Morgan fingerprint density at radius 3 is 2.67 bits per heavy atom. The summed E-state index contributed by atoms with van der Waals surface area (Å²) >= 11 is 7.30. The Hall–Kier alpha value is -0.750. The predicted octanol–water partition coefficient (Wildman–Crippen LogP) is 3.49. The molecule has 0 atom stereocenters. The maximum absolute atomic E-state index is 14.1. The van der Waals surface area contributed by atoms with Crippen LogP contribution in [0, 0.1) is 11.7 Å². The van der Waals surface area contributed by atoms with Crippen LogP contribution in [-0.4, -0.2) is 6.54 Å². The van der Waals surface area contributed by atoms with Crippen molar-refractivity contribution in [3.8, 4) is 0 Å². The molecule has 0 amide bonds. The van der Waals surface area contributed by atoms with Crippen LogP contribution < -0.4 is 16.2 Å². The first kappa shape index (κ1) is 16.6. The number of hydrogen-bond acceptors (Lipinski definition) is 4. The lowest BCUT2D eigenvalue weighted by Crippen LogP contribution is -2.39. The Morgan fingerprint density at radius 1 is 1.48 bits per heavy atom. The molecule has 0 aromatic heterocycles. The van der Waals surface area contributed by atoms with E-state index in [1.54, 1.807) is 12.1 Å². The highest BCUT2D eigenvalue weighted by molar-refractivity contribution is 8.01. The average Bonchev–Trinajstić information content (AvgIpc) is 3.22. The summed E-state index contributed by atoms with van der Waals surface area (Å²) in [7, 11) is 0. The van der Waals surface area contributed by atoms with Gasteiger partial charge in [0.15, 0.2) is 0 Å². The molecule has 0 radical (unpaired) electrons.